The lowest BCUT2D eigenvalue weighted by Crippen LogP contribution is -2.41. The number of carboxylic acids is 1. The first-order valence-corrected chi connectivity index (χ1v) is 8.30. The summed E-state index contributed by atoms with van der Waals surface area (Å²) < 4.78 is 0. The summed E-state index contributed by atoms with van der Waals surface area (Å²) in [5, 5.41) is 15.4. The number of benzene rings is 1. The number of nitrogens with one attached hydrogen (secondary N) is 3. The number of amides is 3. The van der Waals surface area contributed by atoms with Crippen molar-refractivity contribution in [1.29, 1.82) is 0 Å². The van der Waals surface area contributed by atoms with E-state index in [2.05, 4.69) is 16.0 Å². The van der Waals surface area contributed by atoms with Gasteiger partial charge in [-0.05, 0) is 5.56 Å². The van der Waals surface area contributed by atoms with Gasteiger partial charge in [0.15, 0.2) is 0 Å². The largest absolute Gasteiger partial charge is 0.474 e. The summed E-state index contributed by atoms with van der Waals surface area (Å²) in [5.74, 6) is -2.42. The highest BCUT2D eigenvalue weighted by atomic mass is 32.2. The minimum atomic E-state index is -1.58. The Hall–Kier alpha value is -2.55. The third kappa shape index (κ3) is 8.79. The minimum Gasteiger partial charge on any atom is -0.474 e. The van der Waals surface area contributed by atoms with Crippen LogP contribution >= 0.6 is 11.8 Å². The van der Waals surface area contributed by atoms with Gasteiger partial charge in [0.25, 0.3) is 0 Å². The molecule has 1 rings (SSSR count). The summed E-state index contributed by atoms with van der Waals surface area (Å²) in [7, 11) is 0. The van der Waals surface area contributed by atoms with E-state index in [4.69, 9.17) is 5.11 Å². The molecule has 0 saturated heterocycles. The third-order valence-corrected chi connectivity index (χ3v) is 3.72. The number of carbonyl (C=O) groups is 4. The average molecular weight is 353 g/mol. The molecule has 0 spiro atoms. The number of thioether (sulfide) groups is 1. The maximum atomic E-state index is 11.6. The normalized spacial score (nSPS) is 9.83. The molecule has 24 heavy (non-hydrogen) atoms. The molecule has 0 radical (unpaired) electrons. The molecule has 0 aliphatic carbocycles. The Morgan fingerprint density at radius 3 is 2.25 bits per heavy atom. The lowest BCUT2D eigenvalue weighted by atomic mass is 10.2. The smallest absolute Gasteiger partial charge is 0.394 e. The van der Waals surface area contributed by atoms with Crippen LogP contribution in [0.5, 0.6) is 0 Å². The van der Waals surface area contributed by atoms with Crippen LogP contribution in [0.3, 0.4) is 0 Å². The summed E-state index contributed by atoms with van der Waals surface area (Å²) in [6, 6.07) is 9.73. The molecule has 0 heterocycles. The molecule has 0 aromatic heterocycles. The second-order valence-electron chi connectivity index (χ2n) is 4.67. The Kier molecular flexibility index (Phi) is 8.98. The Labute approximate surface area is 143 Å². The molecule has 0 aliphatic rings. The molecule has 1 aromatic carbocycles. The fraction of sp³-hybridized carbons (Fsp3) is 0.333. The maximum Gasteiger partial charge on any atom is 0.394 e. The summed E-state index contributed by atoms with van der Waals surface area (Å²) >= 11 is 1.45. The molecular weight excluding hydrogens is 334 g/mol. The van der Waals surface area contributed by atoms with E-state index in [-0.39, 0.29) is 31.3 Å². The summed E-state index contributed by atoms with van der Waals surface area (Å²) in [4.78, 5) is 44.0. The van der Waals surface area contributed by atoms with Gasteiger partial charge in [-0.15, -0.1) is 11.8 Å². The number of carboxylic acid groups (broad SMARTS) is 1. The van der Waals surface area contributed by atoms with E-state index in [0.29, 0.717) is 5.75 Å². The fourth-order valence-electron chi connectivity index (χ4n) is 1.58. The van der Waals surface area contributed by atoms with Gasteiger partial charge in [-0.3, -0.25) is 14.4 Å². The molecule has 4 N–H and O–H groups in total. The van der Waals surface area contributed by atoms with Crippen molar-refractivity contribution < 1.29 is 24.3 Å². The molecule has 0 atom stereocenters. The van der Waals surface area contributed by atoms with E-state index < -0.39 is 17.8 Å². The summed E-state index contributed by atoms with van der Waals surface area (Å²) in [5.41, 5.74) is 1.12. The third-order valence-electron chi connectivity index (χ3n) is 2.72. The van der Waals surface area contributed by atoms with E-state index in [1.807, 2.05) is 30.3 Å². The average Bonchev–Trinajstić information content (AvgIpc) is 2.57. The van der Waals surface area contributed by atoms with Crippen LogP contribution in [0.4, 0.5) is 0 Å². The van der Waals surface area contributed by atoms with Crippen LogP contribution in [0.25, 0.3) is 0 Å². The number of hydrogen-bond donors (Lipinski definition) is 4. The van der Waals surface area contributed by atoms with Gasteiger partial charge >= 0.3 is 11.9 Å². The topological polar surface area (TPSA) is 125 Å². The maximum absolute atomic E-state index is 11.6. The highest BCUT2D eigenvalue weighted by Gasteiger charge is 2.10. The van der Waals surface area contributed by atoms with Crippen LogP contribution in [0.2, 0.25) is 0 Å². The van der Waals surface area contributed by atoms with Crippen molar-refractivity contribution in [2.45, 2.75) is 5.75 Å². The molecular formula is C15H19N3O5S. The molecule has 130 valence electrons. The van der Waals surface area contributed by atoms with Gasteiger partial charge in [0.05, 0.1) is 12.3 Å². The Morgan fingerprint density at radius 2 is 1.58 bits per heavy atom. The van der Waals surface area contributed by atoms with E-state index in [9.17, 15) is 19.2 Å². The molecule has 0 fully saturated rings. The monoisotopic (exact) mass is 353 g/mol. The van der Waals surface area contributed by atoms with Gasteiger partial charge in [-0.25, -0.2) is 4.79 Å². The second-order valence-corrected chi connectivity index (χ2v) is 5.65. The Balaban J connectivity index is 2.06. The van der Waals surface area contributed by atoms with Crippen LogP contribution in [0.15, 0.2) is 30.3 Å². The zero-order valence-corrected chi connectivity index (χ0v) is 13.7. The second kappa shape index (κ2) is 11.1. The Morgan fingerprint density at radius 1 is 0.917 bits per heavy atom. The van der Waals surface area contributed by atoms with Crippen molar-refractivity contribution in [1.82, 2.24) is 16.0 Å². The van der Waals surface area contributed by atoms with E-state index in [1.165, 1.54) is 11.8 Å². The van der Waals surface area contributed by atoms with Gasteiger partial charge in [0.1, 0.15) is 0 Å². The number of hydrogen-bond acceptors (Lipinski definition) is 5. The SMILES string of the molecule is O=C(CNC(=O)CSCc1ccccc1)NCCNC(=O)C(=O)O. The van der Waals surface area contributed by atoms with E-state index >= 15 is 0 Å². The first-order chi connectivity index (χ1) is 11.5. The van der Waals surface area contributed by atoms with E-state index in [1.54, 1.807) is 0 Å². The molecule has 0 saturated carbocycles. The van der Waals surface area contributed by atoms with Gasteiger partial charge in [0, 0.05) is 18.8 Å². The van der Waals surface area contributed by atoms with Crippen molar-refractivity contribution in [2.75, 3.05) is 25.4 Å². The summed E-state index contributed by atoms with van der Waals surface area (Å²) in [6.07, 6.45) is 0. The van der Waals surface area contributed by atoms with Crippen LogP contribution in [-0.4, -0.2) is 54.2 Å². The standard InChI is InChI=1S/C15H19N3O5S/c19-12(16-6-7-17-14(21)15(22)23)8-18-13(20)10-24-9-11-4-2-1-3-5-11/h1-5H,6-10H2,(H,16,19)(H,17,21)(H,18,20)(H,22,23). The lowest BCUT2D eigenvalue weighted by Gasteiger charge is -2.07. The molecule has 0 bridgehead atoms. The quantitative estimate of drug-likeness (QED) is 0.345. The summed E-state index contributed by atoms with van der Waals surface area (Å²) in [6.45, 7) is -0.0914. The predicted molar refractivity (Wildman–Crippen MR) is 89.3 cm³/mol. The molecule has 9 heteroatoms. The van der Waals surface area contributed by atoms with E-state index in [0.717, 1.165) is 5.56 Å². The van der Waals surface area contributed by atoms with Crippen LogP contribution in [0, 0.1) is 0 Å². The van der Waals surface area contributed by atoms with Gasteiger partial charge in [0.2, 0.25) is 11.8 Å². The van der Waals surface area contributed by atoms with Crippen molar-refractivity contribution in [2.24, 2.45) is 0 Å². The van der Waals surface area contributed by atoms with Crippen molar-refractivity contribution in [3.05, 3.63) is 35.9 Å². The van der Waals surface area contributed by atoms with Crippen molar-refractivity contribution >= 4 is 35.5 Å². The molecule has 0 unspecified atom stereocenters. The van der Waals surface area contributed by atoms with Gasteiger partial charge in [-0.2, -0.15) is 0 Å². The zero-order chi connectivity index (χ0) is 17.8. The number of rotatable bonds is 9. The van der Waals surface area contributed by atoms with Crippen molar-refractivity contribution in [3.63, 3.8) is 0 Å². The van der Waals surface area contributed by atoms with Gasteiger partial charge in [-0.1, -0.05) is 30.3 Å². The number of aliphatic carboxylic acids is 1. The zero-order valence-electron chi connectivity index (χ0n) is 12.9. The first kappa shape index (κ1) is 19.5. The molecule has 0 aliphatic heterocycles. The van der Waals surface area contributed by atoms with Crippen LogP contribution in [0.1, 0.15) is 5.56 Å². The lowest BCUT2D eigenvalue weighted by molar-refractivity contribution is -0.150. The predicted octanol–water partition coefficient (Wildman–Crippen LogP) is -0.647. The van der Waals surface area contributed by atoms with Gasteiger partial charge < -0.3 is 21.1 Å². The minimum absolute atomic E-state index is 0.00223. The van der Waals surface area contributed by atoms with Crippen LogP contribution in [-0.2, 0) is 24.9 Å². The molecule has 8 nitrogen and oxygen atoms in total. The van der Waals surface area contributed by atoms with Crippen LogP contribution < -0.4 is 16.0 Å². The highest BCUT2D eigenvalue weighted by Crippen LogP contribution is 2.10. The number of carbonyl (C=O) groups excluding carboxylic acids is 3. The fourth-order valence-corrected chi connectivity index (χ4v) is 2.40. The first-order valence-electron chi connectivity index (χ1n) is 7.15. The van der Waals surface area contributed by atoms with Crippen molar-refractivity contribution in [3.8, 4) is 0 Å². The molecule has 1 aromatic rings. The Bertz CT molecular complexity index is 580. The molecule has 3 amide bonds. The highest BCUT2D eigenvalue weighted by molar-refractivity contribution is 7.99.